The van der Waals surface area contributed by atoms with Crippen molar-refractivity contribution in [2.45, 2.75) is 68.3 Å². The molecule has 0 amide bonds. The van der Waals surface area contributed by atoms with Crippen molar-refractivity contribution in [1.29, 1.82) is 0 Å². The summed E-state index contributed by atoms with van der Waals surface area (Å²) in [5.41, 5.74) is 0.285. The van der Waals surface area contributed by atoms with E-state index in [0.717, 1.165) is 0 Å². The van der Waals surface area contributed by atoms with Crippen molar-refractivity contribution >= 4 is 11.0 Å². The molecule has 6 N–H and O–H groups in total. The van der Waals surface area contributed by atoms with Crippen LogP contribution in [0.5, 0.6) is 5.75 Å². The lowest BCUT2D eigenvalue weighted by Gasteiger charge is -2.42. The number of para-hydroxylation sites is 1. The van der Waals surface area contributed by atoms with Crippen LogP contribution in [0.25, 0.3) is 22.3 Å². The molecule has 12 heteroatoms. The third kappa shape index (κ3) is 5.31. The Morgan fingerprint density at radius 1 is 0.744 bits per heavy atom. The predicted molar refractivity (Wildman–Crippen MR) is 134 cm³/mol. The Morgan fingerprint density at radius 2 is 1.38 bits per heavy atom. The van der Waals surface area contributed by atoms with Gasteiger partial charge in [0.1, 0.15) is 48.3 Å². The van der Waals surface area contributed by atoms with Gasteiger partial charge in [-0.25, -0.2) is 0 Å². The lowest BCUT2D eigenvalue weighted by atomic mass is 9.98. The van der Waals surface area contributed by atoms with E-state index in [1.54, 1.807) is 54.6 Å². The largest absolute Gasteiger partial charge is 0.454 e. The van der Waals surface area contributed by atoms with Crippen LogP contribution < -0.4 is 10.2 Å². The molecule has 0 saturated carbocycles. The number of fused-ring (bicyclic) bond motifs is 1. The highest BCUT2D eigenvalue weighted by Crippen LogP contribution is 2.33. The number of rotatable bonds is 6. The topological polar surface area (TPSA) is 189 Å². The van der Waals surface area contributed by atoms with E-state index >= 15 is 0 Å². The zero-order chi connectivity index (χ0) is 27.8. The van der Waals surface area contributed by atoms with Crippen molar-refractivity contribution in [3.05, 3.63) is 64.8 Å². The molecule has 39 heavy (non-hydrogen) atoms. The molecule has 2 aromatic carbocycles. The molecule has 5 rings (SSSR count). The summed E-state index contributed by atoms with van der Waals surface area (Å²) in [6.45, 7) is 1.01. The van der Waals surface area contributed by atoms with Gasteiger partial charge in [0.2, 0.25) is 17.5 Å². The molecule has 10 atom stereocenters. The van der Waals surface area contributed by atoms with Crippen LogP contribution in [0.2, 0.25) is 0 Å². The summed E-state index contributed by atoms with van der Waals surface area (Å²) >= 11 is 0. The molecule has 0 aliphatic carbocycles. The van der Waals surface area contributed by atoms with E-state index in [0.29, 0.717) is 11.1 Å². The van der Waals surface area contributed by atoms with Crippen molar-refractivity contribution in [3.63, 3.8) is 0 Å². The van der Waals surface area contributed by atoms with Gasteiger partial charge < -0.3 is 54.0 Å². The minimum absolute atomic E-state index is 0.0729. The smallest absolute Gasteiger partial charge is 0.235 e. The second-order valence-corrected chi connectivity index (χ2v) is 9.60. The maximum absolute atomic E-state index is 13.4. The van der Waals surface area contributed by atoms with Crippen molar-refractivity contribution in [2.75, 3.05) is 6.61 Å². The van der Waals surface area contributed by atoms with Crippen molar-refractivity contribution < 1.29 is 54.0 Å². The van der Waals surface area contributed by atoms with Gasteiger partial charge in [0.05, 0.1) is 18.1 Å². The van der Waals surface area contributed by atoms with Crippen molar-refractivity contribution in [2.24, 2.45) is 0 Å². The first-order valence-electron chi connectivity index (χ1n) is 12.5. The van der Waals surface area contributed by atoms with Crippen molar-refractivity contribution in [3.8, 4) is 17.1 Å². The molecule has 2 fully saturated rings. The predicted octanol–water partition coefficient (Wildman–Crippen LogP) is -0.510. The zero-order valence-corrected chi connectivity index (χ0v) is 20.8. The Bertz CT molecular complexity index is 1330. The first-order chi connectivity index (χ1) is 18.7. The molecule has 3 aromatic rings. The number of benzene rings is 2. The van der Waals surface area contributed by atoms with Crippen LogP contribution in [0.4, 0.5) is 0 Å². The maximum Gasteiger partial charge on any atom is 0.235 e. The average Bonchev–Trinajstić information content (AvgIpc) is 2.95. The van der Waals surface area contributed by atoms with Gasteiger partial charge in [-0.05, 0) is 19.1 Å². The van der Waals surface area contributed by atoms with E-state index in [4.69, 9.17) is 23.4 Å². The molecule has 12 nitrogen and oxygen atoms in total. The molecule has 0 bridgehead atoms. The van der Waals surface area contributed by atoms with Gasteiger partial charge in [-0.1, -0.05) is 42.5 Å². The lowest BCUT2D eigenvalue weighted by molar-refractivity contribution is -0.318. The second-order valence-electron chi connectivity index (χ2n) is 9.60. The van der Waals surface area contributed by atoms with E-state index in [2.05, 4.69) is 0 Å². The maximum atomic E-state index is 13.4. The van der Waals surface area contributed by atoms with Gasteiger partial charge >= 0.3 is 0 Å². The molecular weight excluding hydrogens is 516 g/mol. The summed E-state index contributed by atoms with van der Waals surface area (Å²) in [6, 6.07) is 15.2. The van der Waals surface area contributed by atoms with Gasteiger partial charge in [-0.2, -0.15) is 0 Å². The molecule has 210 valence electrons. The first kappa shape index (κ1) is 27.6. The van der Waals surface area contributed by atoms with E-state index in [9.17, 15) is 35.4 Å². The number of ether oxygens (including phenoxy) is 4. The molecule has 0 unspecified atom stereocenters. The molecule has 0 spiro atoms. The minimum Gasteiger partial charge on any atom is -0.454 e. The number of aliphatic hydroxyl groups excluding tert-OH is 6. The van der Waals surface area contributed by atoms with Crippen LogP contribution in [0.1, 0.15) is 6.92 Å². The summed E-state index contributed by atoms with van der Waals surface area (Å²) in [4.78, 5) is 13.4. The fourth-order valence-electron chi connectivity index (χ4n) is 4.62. The number of hydrogen-bond acceptors (Lipinski definition) is 12. The highest BCUT2D eigenvalue weighted by Gasteiger charge is 2.47. The Labute approximate surface area is 222 Å². The van der Waals surface area contributed by atoms with Crippen LogP contribution in [-0.4, -0.2) is 98.7 Å². The van der Waals surface area contributed by atoms with Crippen LogP contribution in [0.3, 0.4) is 0 Å². The van der Waals surface area contributed by atoms with Gasteiger partial charge in [-0.15, -0.1) is 0 Å². The lowest BCUT2D eigenvalue weighted by Crippen LogP contribution is -2.61. The van der Waals surface area contributed by atoms with Gasteiger partial charge in [0, 0.05) is 5.56 Å². The molecule has 2 saturated heterocycles. The average molecular weight is 547 g/mol. The summed E-state index contributed by atoms with van der Waals surface area (Å²) in [5, 5.41) is 62.0. The zero-order valence-electron chi connectivity index (χ0n) is 20.8. The second kappa shape index (κ2) is 11.3. The van der Waals surface area contributed by atoms with Crippen LogP contribution in [-0.2, 0) is 14.2 Å². The highest BCUT2D eigenvalue weighted by atomic mass is 16.7. The third-order valence-electron chi connectivity index (χ3n) is 6.93. The van der Waals surface area contributed by atoms with Crippen LogP contribution >= 0.6 is 0 Å². The van der Waals surface area contributed by atoms with E-state index in [1.165, 1.54) is 6.92 Å². The monoisotopic (exact) mass is 546 g/mol. The fraction of sp³-hybridized carbons (Fsp3) is 0.444. The number of aliphatic hydroxyl groups is 6. The van der Waals surface area contributed by atoms with Crippen LogP contribution in [0, 0.1) is 0 Å². The van der Waals surface area contributed by atoms with Gasteiger partial charge in [0.15, 0.2) is 12.1 Å². The Balaban J connectivity index is 1.41. The van der Waals surface area contributed by atoms with E-state index < -0.39 is 73.4 Å². The molecular formula is C27H30O12. The Morgan fingerprint density at radius 3 is 2.13 bits per heavy atom. The molecule has 3 heterocycles. The van der Waals surface area contributed by atoms with E-state index in [1.807, 2.05) is 0 Å². The minimum atomic E-state index is -1.76. The summed E-state index contributed by atoms with van der Waals surface area (Å²) < 4.78 is 28.4. The third-order valence-corrected chi connectivity index (χ3v) is 6.93. The summed E-state index contributed by atoms with van der Waals surface area (Å²) in [5.74, 6) is -0.201. The Kier molecular flexibility index (Phi) is 8.01. The SMILES string of the molecule is C[C@@H]1O[C@@H](OC[C@H]2O[C@@H](Oc3c(-c4ccccc4)oc4ccccc4c3=O)[C@H](O)[C@@H](O)[C@@H]2O)[C@H](O)[C@H](O)[C@H]1O. The van der Waals surface area contributed by atoms with E-state index in [-0.39, 0.29) is 16.9 Å². The highest BCUT2D eigenvalue weighted by molar-refractivity contribution is 5.81. The standard InChI is InChI=1S/C27H30O12/c1-12-17(28)20(31)22(33)26(36-12)35-11-16-19(30)21(32)23(34)27(38-16)39-25-18(29)14-9-5-6-10-15(14)37-24(25)13-7-3-2-4-8-13/h2-10,12,16-17,19-23,26-28,30-34H,11H2,1H3/t12-,16+,17-,19+,20+,21-,22+,23+,26+,27-/m0/s1. The quantitative estimate of drug-likeness (QED) is 0.233. The first-order valence-corrected chi connectivity index (χ1v) is 12.5. The Hall–Kier alpha value is -2.91. The summed E-state index contributed by atoms with van der Waals surface area (Å²) in [7, 11) is 0. The molecule has 0 radical (unpaired) electrons. The van der Waals surface area contributed by atoms with Crippen LogP contribution in [0.15, 0.2) is 63.8 Å². The van der Waals surface area contributed by atoms with Gasteiger partial charge in [-0.3, -0.25) is 4.79 Å². The van der Waals surface area contributed by atoms with Gasteiger partial charge in [0.25, 0.3) is 0 Å². The molecule has 2 aliphatic rings. The molecule has 2 aliphatic heterocycles. The number of hydrogen-bond donors (Lipinski definition) is 6. The summed E-state index contributed by atoms with van der Waals surface area (Å²) in [6.07, 6.45) is -14.8. The van der Waals surface area contributed by atoms with Crippen molar-refractivity contribution in [1.82, 2.24) is 0 Å². The fourth-order valence-corrected chi connectivity index (χ4v) is 4.62. The molecule has 1 aromatic heterocycles. The normalized spacial score (nSPS) is 35.2.